The molecule has 1 unspecified atom stereocenters. The Morgan fingerprint density at radius 3 is 2.57 bits per heavy atom. The molecule has 2 aromatic carbocycles. The monoisotopic (exact) mass is 392 g/mol. The molecule has 3 aromatic rings. The molecule has 0 radical (unpaired) electrons. The van der Waals surface area contributed by atoms with Crippen LogP contribution in [0.15, 0.2) is 53.3 Å². The van der Waals surface area contributed by atoms with Crippen LogP contribution >= 0.6 is 12.2 Å². The van der Waals surface area contributed by atoms with Crippen LogP contribution in [0, 0.1) is 18.6 Å². The molecule has 0 saturated carbocycles. The van der Waals surface area contributed by atoms with Gasteiger partial charge in [-0.3, -0.25) is 19.2 Å². The molecule has 0 amide bonds. The Kier molecular flexibility index (Phi) is 4.91. The number of aromatic nitrogens is 2. The van der Waals surface area contributed by atoms with Gasteiger partial charge in [0.1, 0.15) is 5.82 Å². The largest absolute Gasteiger partial charge is 0.358 e. The molecule has 1 aromatic heterocycles. The highest BCUT2D eigenvalue weighted by Crippen LogP contribution is 2.30. The normalized spacial score (nSPS) is 15.0. The predicted octanol–water partition coefficient (Wildman–Crippen LogP) is 4.46. The van der Waals surface area contributed by atoms with Crippen LogP contribution in [0.1, 0.15) is 35.2 Å². The Morgan fingerprint density at radius 2 is 1.82 bits per heavy atom. The summed E-state index contributed by atoms with van der Waals surface area (Å²) in [6.45, 7) is 7.53. The zero-order chi connectivity index (χ0) is 19.8. The van der Waals surface area contributed by atoms with E-state index in [1.165, 1.54) is 11.1 Å². The maximum atomic E-state index is 12.7. The first-order valence-electron chi connectivity index (χ1n) is 9.45. The molecule has 1 aliphatic rings. The molecule has 1 aliphatic heterocycles. The van der Waals surface area contributed by atoms with Gasteiger partial charge >= 0.3 is 0 Å². The minimum Gasteiger partial charge on any atom is -0.358 e. The number of aromatic amines is 1. The smallest absolute Gasteiger partial charge is 0.258 e. The third-order valence-corrected chi connectivity index (χ3v) is 5.95. The summed E-state index contributed by atoms with van der Waals surface area (Å²) < 4.78 is 2.37. The minimum atomic E-state index is -0.126. The van der Waals surface area contributed by atoms with Crippen LogP contribution < -0.4 is 10.9 Å². The first kappa shape index (κ1) is 18.7. The molecule has 0 bridgehead atoms. The van der Waals surface area contributed by atoms with Crippen LogP contribution in [0.2, 0.25) is 0 Å². The van der Waals surface area contributed by atoms with Gasteiger partial charge in [-0.25, -0.2) is 0 Å². The fourth-order valence-electron chi connectivity index (χ4n) is 3.76. The summed E-state index contributed by atoms with van der Waals surface area (Å²) in [5.41, 5.74) is 5.15. The molecule has 0 spiro atoms. The highest BCUT2D eigenvalue weighted by Gasteiger charge is 2.26. The Balaban J connectivity index is 1.79. The number of anilines is 1. The molecule has 1 atom stereocenters. The number of aryl methyl sites for hydroxylation is 1. The number of nitrogens with one attached hydrogen (secondary N) is 2. The van der Waals surface area contributed by atoms with E-state index in [0.29, 0.717) is 23.5 Å². The van der Waals surface area contributed by atoms with Crippen molar-refractivity contribution < 1.29 is 0 Å². The summed E-state index contributed by atoms with van der Waals surface area (Å²) >= 11 is 5.52. The molecule has 28 heavy (non-hydrogen) atoms. The van der Waals surface area contributed by atoms with E-state index in [2.05, 4.69) is 54.2 Å². The van der Waals surface area contributed by atoms with E-state index in [1.807, 2.05) is 34.9 Å². The Labute approximate surface area is 169 Å². The number of nitrogens with zero attached hydrogens (tertiary/aromatic N) is 2. The van der Waals surface area contributed by atoms with E-state index < -0.39 is 0 Å². The van der Waals surface area contributed by atoms with Crippen LogP contribution in [-0.4, -0.2) is 21.1 Å². The van der Waals surface area contributed by atoms with Gasteiger partial charge in [0, 0.05) is 12.6 Å². The van der Waals surface area contributed by atoms with Gasteiger partial charge in [-0.15, -0.1) is 0 Å². The third kappa shape index (κ3) is 3.19. The Morgan fingerprint density at radius 1 is 1.07 bits per heavy atom. The number of rotatable bonds is 3. The minimum absolute atomic E-state index is 0.126. The summed E-state index contributed by atoms with van der Waals surface area (Å²) in [5.74, 6) is 0.791. The highest BCUT2D eigenvalue weighted by molar-refractivity contribution is 7.71. The number of hydrogen-bond acceptors (Lipinski definition) is 4. The van der Waals surface area contributed by atoms with Crippen molar-refractivity contribution in [3.8, 4) is 5.69 Å². The molecule has 4 rings (SSSR count). The lowest BCUT2D eigenvalue weighted by Gasteiger charge is -2.35. The fourth-order valence-corrected chi connectivity index (χ4v) is 4.05. The summed E-state index contributed by atoms with van der Waals surface area (Å²) in [4.78, 5) is 17.8. The molecule has 2 N–H and O–H groups in total. The third-order valence-electron chi connectivity index (χ3n) is 5.66. The standard InChI is InChI=1S/C22H24N4OS/c1-14-8-7-11-19(15(14)2)26-20-18(21(27)24-22(26)28)12-25(13-23-20)16(3)17-9-5-4-6-10-17/h4-11,16,23H,12-13H2,1-3H3,(H,24,27,28). The second-order valence-electron chi connectivity index (χ2n) is 7.31. The second-order valence-corrected chi connectivity index (χ2v) is 7.70. The molecule has 2 heterocycles. The lowest BCUT2D eigenvalue weighted by molar-refractivity contribution is 0.207. The molecule has 6 heteroatoms. The van der Waals surface area contributed by atoms with E-state index in [1.54, 1.807) is 0 Å². The maximum Gasteiger partial charge on any atom is 0.258 e. The van der Waals surface area contributed by atoms with Crippen molar-refractivity contribution >= 4 is 18.0 Å². The van der Waals surface area contributed by atoms with E-state index in [0.717, 1.165) is 17.1 Å². The fraction of sp³-hybridized carbons (Fsp3) is 0.273. The van der Waals surface area contributed by atoms with E-state index in [9.17, 15) is 4.79 Å². The van der Waals surface area contributed by atoms with Crippen LogP contribution in [-0.2, 0) is 6.54 Å². The van der Waals surface area contributed by atoms with Crippen LogP contribution in [0.4, 0.5) is 5.82 Å². The van der Waals surface area contributed by atoms with Crippen molar-refractivity contribution in [1.29, 1.82) is 0 Å². The first-order valence-corrected chi connectivity index (χ1v) is 9.86. The van der Waals surface area contributed by atoms with E-state index in [-0.39, 0.29) is 11.6 Å². The van der Waals surface area contributed by atoms with Crippen molar-refractivity contribution in [1.82, 2.24) is 14.5 Å². The zero-order valence-electron chi connectivity index (χ0n) is 16.3. The van der Waals surface area contributed by atoms with Crippen molar-refractivity contribution in [2.75, 3.05) is 12.0 Å². The number of benzene rings is 2. The number of H-pyrrole nitrogens is 1. The molecule has 0 fully saturated rings. The Hall–Kier alpha value is -2.70. The topological polar surface area (TPSA) is 53.1 Å². The molecule has 0 aliphatic carbocycles. The molecular weight excluding hydrogens is 368 g/mol. The predicted molar refractivity (Wildman–Crippen MR) is 116 cm³/mol. The van der Waals surface area contributed by atoms with Gasteiger partial charge in [-0.2, -0.15) is 0 Å². The summed E-state index contributed by atoms with van der Waals surface area (Å²) in [6.07, 6.45) is 0. The van der Waals surface area contributed by atoms with E-state index >= 15 is 0 Å². The van der Waals surface area contributed by atoms with Crippen molar-refractivity contribution in [3.63, 3.8) is 0 Å². The second kappa shape index (κ2) is 7.37. The van der Waals surface area contributed by atoms with Gasteiger partial charge in [0.2, 0.25) is 0 Å². The molecule has 0 saturated heterocycles. The number of hydrogen-bond donors (Lipinski definition) is 2. The van der Waals surface area contributed by atoms with Gasteiger partial charge in [-0.05, 0) is 55.7 Å². The quantitative estimate of drug-likeness (QED) is 0.646. The van der Waals surface area contributed by atoms with Gasteiger partial charge in [-0.1, -0.05) is 42.5 Å². The van der Waals surface area contributed by atoms with Crippen molar-refractivity contribution in [3.05, 3.63) is 85.9 Å². The van der Waals surface area contributed by atoms with Gasteiger partial charge in [0.15, 0.2) is 4.77 Å². The SMILES string of the molecule is Cc1cccc(-n2c3c(c(=O)[nH]c2=S)CN(C(C)c2ccccc2)CN3)c1C. The molecular formula is C22H24N4OS. The summed E-state index contributed by atoms with van der Waals surface area (Å²) in [5, 5.41) is 3.46. The number of fused-ring (bicyclic) bond motifs is 1. The van der Waals surface area contributed by atoms with Crippen molar-refractivity contribution in [2.24, 2.45) is 0 Å². The van der Waals surface area contributed by atoms with Crippen LogP contribution in [0.25, 0.3) is 5.69 Å². The molecule has 5 nitrogen and oxygen atoms in total. The lowest BCUT2D eigenvalue weighted by atomic mass is 10.1. The van der Waals surface area contributed by atoms with Crippen LogP contribution in [0.5, 0.6) is 0 Å². The van der Waals surface area contributed by atoms with E-state index in [4.69, 9.17) is 12.2 Å². The van der Waals surface area contributed by atoms with Gasteiger partial charge in [0.05, 0.1) is 17.9 Å². The first-order chi connectivity index (χ1) is 13.5. The van der Waals surface area contributed by atoms with Gasteiger partial charge < -0.3 is 5.32 Å². The lowest BCUT2D eigenvalue weighted by Crippen LogP contribution is -2.40. The summed E-state index contributed by atoms with van der Waals surface area (Å²) in [7, 11) is 0. The van der Waals surface area contributed by atoms with Gasteiger partial charge in [0.25, 0.3) is 5.56 Å². The van der Waals surface area contributed by atoms with Crippen molar-refractivity contribution in [2.45, 2.75) is 33.4 Å². The zero-order valence-corrected chi connectivity index (χ0v) is 17.1. The average Bonchev–Trinajstić information content (AvgIpc) is 2.71. The highest BCUT2D eigenvalue weighted by atomic mass is 32.1. The molecule has 144 valence electrons. The average molecular weight is 393 g/mol. The Bertz CT molecular complexity index is 1130. The summed E-state index contributed by atoms with van der Waals surface area (Å²) in [6, 6.07) is 16.7. The van der Waals surface area contributed by atoms with Crippen LogP contribution in [0.3, 0.4) is 0 Å². The maximum absolute atomic E-state index is 12.7.